The van der Waals surface area contributed by atoms with Crippen molar-refractivity contribution in [3.05, 3.63) is 48.2 Å². The quantitative estimate of drug-likeness (QED) is 0.875. The number of ether oxygens (including phenoxy) is 2. The normalized spacial score (nSPS) is 17.7. The molecule has 1 atom stereocenters. The van der Waals surface area contributed by atoms with E-state index in [1.807, 2.05) is 30.3 Å². The number of anilines is 1. The third-order valence-corrected chi connectivity index (χ3v) is 3.56. The van der Waals surface area contributed by atoms with Gasteiger partial charge in [-0.15, -0.1) is 0 Å². The van der Waals surface area contributed by atoms with Crippen LogP contribution in [-0.2, 0) is 16.1 Å². The first-order valence-electron chi connectivity index (χ1n) is 7.37. The van der Waals surface area contributed by atoms with Gasteiger partial charge in [0.2, 0.25) is 17.7 Å². The molecule has 2 aromatic rings. The summed E-state index contributed by atoms with van der Waals surface area (Å²) < 4.78 is 11.0. The van der Waals surface area contributed by atoms with Gasteiger partial charge in [0.15, 0.2) is 0 Å². The highest BCUT2D eigenvalue weighted by atomic mass is 16.5. The number of hydrogen-bond acceptors (Lipinski definition) is 6. The van der Waals surface area contributed by atoms with Crippen molar-refractivity contribution >= 4 is 11.9 Å². The van der Waals surface area contributed by atoms with Gasteiger partial charge in [0.25, 0.3) is 0 Å². The molecule has 1 aromatic heterocycles. The Labute approximate surface area is 134 Å². The predicted molar refractivity (Wildman–Crippen MR) is 84.0 cm³/mol. The van der Waals surface area contributed by atoms with E-state index in [0.29, 0.717) is 31.6 Å². The van der Waals surface area contributed by atoms with Crippen molar-refractivity contribution in [3.63, 3.8) is 0 Å². The summed E-state index contributed by atoms with van der Waals surface area (Å²) in [5.41, 5.74) is 6.47. The molecule has 1 unspecified atom stereocenters. The lowest BCUT2D eigenvalue weighted by Crippen LogP contribution is -2.53. The maximum absolute atomic E-state index is 11.5. The number of nitrogens with zero attached hydrogens (tertiary/aromatic N) is 3. The van der Waals surface area contributed by atoms with E-state index in [9.17, 15) is 4.79 Å². The van der Waals surface area contributed by atoms with E-state index in [1.165, 1.54) is 0 Å². The molecule has 3 rings (SSSR count). The van der Waals surface area contributed by atoms with Crippen molar-refractivity contribution in [1.82, 2.24) is 9.97 Å². The topological polar surface area (TPSA) is 90.6 Å². The van der Waals surface area contributed by atoms with Crippen LogP contribution in [0.2, 0.25) is 0 Å². The van der Waals surface area contributed by atoms with Gasteiger partial charge < -0.3 is 20.1 Å². The highest BCUT2D eigenvalue weighted by molar-refractivity contribution is 5.83. The van der Waals surface area contributed by atoms with Gasteiger partial charge in [-0.3, -0.25) is 4.79 Å². The molecule has 0 saturated carbocycles. The average molecular weight is 314 g/mol. The summed E-state index contributed by atoms with van der Waals surface area (Å²) in [5, 5.41) is 0. The number of primary amides is 1. The van der Waals surface area contributed by atoms with Crippen LogP contribution < -0.4 is 15.4 Å². The lowest BCUT2D eigenvalue weighted by molar-refractivity contribution is -0.121. The molecule has 0 aliphatic carbocycles. The summed E-state index contributed by atoms with van der Waals surface area (Å²) in [6.45, 7) is 1.67. The molecule has 1 saturated heterocycles. The maximum Gasteiger partial charge on any atom is 0.242 e. The van der Waals surface area contributed by atoms with Crippen molar-refractivity contribution < 1.29 is 14.3 Å². The smallest absolute Gasteiger partial charge is 0.242 e. The van der Waals surface area contributed by atoms with Gasteiger partial charge in [-0.1, -0.05) is 30.3 Å². The molecule has 1 aliphatic rings. The molecule has 0 bridgehead atoms. The minimum atomic E-state index is -0.562. The van der Waals surface area contributed by atoms with Gasteiger partial charge in [0.05, 0.1) is 13.2 Å². The lowest BCUT2D eigenvalue weighted by Gasteiger charge is -2.33. The molecule has 0 spiro atoms. The molecule has 7 heteroatoms. The lowest BCUT2D eigenvalue weighted by atomic mass is 10.2. The summed E-state index contributed by atoms with van der Waals surface area (Å²) in [7, 11) is 0. The Morgan fingerprint density at radius 3 is 2.96 bits per heavy atom. The highest BCUT2D eigenvalue weighted by Gasteiger charge is 2.29. The number of rotatable bonds is 5. The van der Waals surface area contributed by atoms with Gasteiger partial charge in [0.1, 0.15) is 12.6 Å². The second-order valence-corrected chi connectivity index (χ2v) is 5.16. The van der Waals surface area contributed by atoms with E-state index in [0.717, 1.165) is 5.56 Å². The van der Waals surface area contributed by atoms with Crippen LogP contribution in [0.5, 0.6) is 5.88 Å². The Kier molecular flexibility index (Phi) is 4.68. The second kappa shape index (κ2) is 7.06. The van der Waals surface area contributed by atoms with Crippen LogP contribution in [-0.4, -0.2) is 41.7 Å². The van der Waals surface area contributed by atoms with Crippen molar-refractivity contribution in [2.75, 3.05) is 24.7 Å². The van der Waals surface area contributed by atoms with E-state index in [-0.39, 0.29) is 6.61 Å². The van der Waals surface area contributed by atoms with Crippen LogP contribution >= 0.6 is 0 Å². The number of carbonyl (C=O) groups is 1. The Balaban J connectivity index is 1.72. The first-order chi connectivity index (χ1) is 11.2. The molecule has 23 heavy (non-hydrogen) atoms. The zero-order valence-corrected chi connectivity index (χ0v) is 12.6. The van der Waals surface area contributed by atoms with E-state index in [1.54, 1.807) is 17.2 Å². The zero-order valence-electron chi connectivity index (χ0n) is 12.6. The first-order valence-corrected chi connectivity index (χ1v) is 7.37. The van der Waals surface area contributed by atoms with E-state index < -0.39 is 11.9 Å². The van der Waals surface area contributed by atoms with Crippen LogP contribution in [0.25, 0.3) is 0 Å². The average Bonchev–Trinajstić information content (AvgIpc) is 2.61. The minimum absolute atomic E-state index is 0.244. The number of nitrogens with two attached hydrogens (primary N) is 1. The molecule has 1 amide bonds. The molecule has 1 aliphatic heterocycles. The van der Waals surface area contributed by atoms with Gasteiger partial charge in [-0.2, -0.15) is 4.98 Å². The van der Waals surface area contributed by atoms with Crippen LogP contribution in [0.3, 0.4) is 0 Å². The summed E-state index contributed by atoms with van der Waals surface area (Å²) in [4.78, 5) is 21.9. The van der Waals surface area contributed by atoms with E-state index >= 15 is 0 Å². The number of amides is 1. The summed E-state index contributed by atoms with van der Waals surface area (Å²) in [5.74, 6) is 0.417. The third kappa shape index (κ3) is 3.75. The molecule has 2 N–H and O–H groups in total. The Bertz CT molecular complexity index is 665. The molecule has 2 heterocycles. The van der Waals surface area contributed by atoms with Gasteiger partial charge in [-0.25, -0.2) is 4.98 Å². The molecule has 7 nitrogen and oxygen atoms in total. The van der Waals surface area contributed by atoms with Crippen molar-refractivity contribution in [3.8, 4) is 5.88 Å². The fourth-order valence-electron chi connectivity index (χ4n) is 2.36. The summed E-state index contributed by atoms with van der Waals surface area (Å²) >= 11 is 0. The fourth-order valence-corrected chi connectivity index (χ4v) is 2.36. The van der Waals surface area contributed by atoms with Gasteiger partial charge in [0, 0.05) is 18.8 Å². The van der Waals surface area contributed by atoms with Crippen molar-refractivity contribution in [1.29, 1.82) is 0 Å². The SMILES string of the molecule is NC(=O)C1COCCN1c1nccc(OCc2ccccc2)n1. The van der Waals surface area contributed by atoms with Crippen molar-refractivity contribution in [2.24, 2.45) is 5.73 Å². The largest absolute Gasteiger partial charge is 0.473 e. The number of morpholine rings is 1. The van der Waals surface area contributed by atoms with Crippen molar-refractivity contribution in [2.45, 2.75) is 12.6 Å². The molecule has 120 valence electrons. The molecular weight excluding hydrogens is 296 g/mol. The van der Waals surface area contributed by atoms with E-state index in [4.69, 9.17) is 15.2 Å². The molecule has 1 fully saturated rings. The second-order valence-electron chi connectivity index (χ2n) is 5.16. The van der Waals surface area contributed by atoms with Gasteiger partial charge >= 0.3 is 0 Å². The summed E-state index contributed by atoms with van der Waals surface area (Å²) in [6, 6.07) is 10.9. The standard InChI is InChI=1S/C16H18N4O3/c17-15(21)13-11-22-9-8-20(13)16-18-7-6-14(19-16)23-10-12-4-2-1-3-5-12/h1-7,13H,8-11H2,(H2,17,21). The summed E-state index contributed by atoms with van der Waals surface area (Å²) in [6.07, 6.45) is 1.61. The molecular formula is C16H18N4O3. The van der Waals surface area contributed by atoms with Crippen LogP contribution in [0.15, 0.2) is 42.6 Å². The predicted octanol–water partition coefficient (Wildman–Crippen LogP) is 0.746. The number of aromatic nitrogens is 2. The Hall–Kier alpha value is -2.67. The number of carbonyl (C=O) groups excluding carboxylic acids is 1. The highest BCUT2D eigenvalue weighted by Crippen LogP contribution is 2.18. The Morgan fingerprint density at radius 2 is 2.17 bits per heavy atom. The zero-order chi connectivity index (χ0) is 16.1. The first kappa shape index (κ1) is 15.2. The minimum Gasteiger partial charge on any atom is -0.473 e. The molecule has 1 aromatic carbocycles. The van der Waals surface area contributed by atoms with Crippen LogP contribution in [0, 0.1) is 0 Å². The fraction of sp³-hybridized carbons (Fsp3) is 0.312. The Morgan fingerprint density at radius 1 is 1.35 bits per heavy atom. The number of hydrogen-bond donors (Lipinski definition) is 1. The van der Waals surface area contributed by atoms with Crippen LogP contribution in [0.4, 0.5) is 5.95 Å². The maximum atomic E-state index is 11.5. The van der Waals surface area contributed by atoms with Crippen LogP contribution in [0.1, 0.15) is 5.56 Å². The molecule has 0 radical (unpaired) electrons. The van der Waals surface area contributed by atoms with E-state index in [2.05, 4.69) is 9.97 Å². The number of benzene rings is 1. The third-order valence-electron chi connectivity index (χ3n) is 3.56. The monoisotopic (exact) mass is 314 g/mol. The van der Waals surface area contributed by atoms with Gasteiger partial charge in [-0.05, 0) is 5.56 Å².